The molecule has 1 N–H and O–H groups in total. The number of likely N-dealkylation sites (tertiary alicyclic amines) is 1. The maximum absolute atomic E-state index is 12.5. The highest BCUT2D eigenvalue weighted by Crippen LogP contribution is 2.47. The van der Waals surface area contributed by atoms with Crippen molar-refractivity contribution in [3.8, 4) is 0 Å². The molecule has 4 aliphatic rings. The third kappa shape index (κ3) is 8.63. The van der Waals surface area contributed by atoms with Crippen molar-refractivity contribution in [2.75, 3.05) is 26.2 Å². The van der Waals surface area contributed by atoms with Crippen molar-refractivity contribution in [1.82, 2.24) is 20.2 Å². The smallest absolute Gasteiger partial charge is 0.410 e. The van der Waals surface area contributed by atoms with Crippen LogP contribution in [0.25, 0.3) is 21.1 Å². The molecule has 0 spiro atoms. The number of fused-ring (bicyclic) bond motifs is 4. The number of piperidine rings is 2. The lowest BCUT2D eigenvalue weighted by Crippen LogP contribution is -2.42. The van der Waals surface area contributed by atoms with Crippen LogP contribution in [0.1, 0.15) is 103 Å². The summed E-state index contributed by atoms with van der Waals surface area (Å²) >= 11 is 20.1. The van der Waals surface area contributed by atoms with Gasteiger partial charge in [-0.2, -0.15) is 0 Å². The highest BCUT2D eigenvalue weighted by molar-refractivity contribution is 9.15. The highest BCUT2D eigenvalue weighted by Gasteiger charge is 2.36. The van der Waals surface area contributed by atoms with Gasteiger partial charge in [0.25, 0.3) is 0 Å². The highest BCUT2D eigenvalue weighted by atomic mass is 79.9. The Morgan fingerprint density at radius 1 is 0.755 bits per heavy atom. The molecule has 4 aromatic rings. The maximum Gasteiger partial charge on any atom is 0.410 e. The zero-order valence-corrected chi connectivity index (χ0v) is 34.9. The minimum atomic E-state index is -0.478. The average Bonchev–Trinajstić information content (AvgIpc) is 3.34. The van der Waals surface area contributed by atoms with Crippen LogP contribution in [0.3, 0.4) is 0 Å². The van der Waals surface area contributed by atoms with E-state index in [9.17, 15) is 4.79 Å². The molecule has 4 heterocycles. The molecule has 2 unspecified atom stereocenters. The lowest BCUT2D eigenvalue weighted by atomic mass is 9.76. The van der Waals surface area contributed by atoms with Gasteiger partial charge in [-0.25, -0.2) is 4.79 Å². The summed E-state index contributed by atoms with van der Waals surface area (Å²) in [4.78, 5) is 23.9. The van der Waals surface area contributed by atoms with Gasteiger partial charge in [0.1, 0.15) is 5.60 Å². The lowest BCUT2D eigenvalue weighted by Gasteiger charge is -2.37. The zero-order chi connectivity index (χ0) is 37.3. The Bertz CT molecular complexity index is 2050. The fourth-order valence-corrected chi connectivity index (χ4v) is 9.76. The number of pyridine rings is 2. The third-order valence-electron chi connectivity index (χ3n) is 10.6. The van der Waals surface area contributed by atoms with Crippen molar-refractivity contribution in [3.63, 3.8) is 0 Å². The third-order valence-corrected chi connectivity index (χ3v) is 12.4. The second-order valence-electron chi connectivity index (χ2n) is 15.3. The largest absolute Gasteiger partial charge is 0.444 e. The van der Waals surface area contributed by atoms with E-state index in [4.69, 9.17) is 37.9 Å². The predicted molar refractivity (Wildman–Crippen MR) is 225 cm³/mol. The Balaban J connectivity index is 0.000000170. The Morgan fingerprint density at radius 3 is 1.70 bits per heavy atom. The number of amides is 1. The Morgan fingerprint density at radius 2 is 1.23 bits per heavy atom. The molecule has 2 aromatic carbocycles. The summed E-state index contributed by atoms with van der Waals surface area (Å²) in [6.07, 6.45) is 12.0. The molecule has 2 aromatic heterocycles. The maximum atomic E-state index is 12.5. The minimum absolute atomic E-state index is 0.153. The lowest BCUT2D eigenvalue weighted by molar-refractivity contribution is 0.0178. The summed E-state index contributed by atoms with van der Waals surface area (Å²) in [5, 5.41) is 4.98. The second-order valence-corrected chi connectivity index (χ2v) is 17.8. The first-order chi connectivity index (χ1) is 25.5. The number of carbonyl (C=O) groups excluding carboxylic acids is 1. The molecule has 10 heteroatoms. The molecule has 2 aliphatic carbocycles. The number of nitrogens with one attached hydrogen (secondary N) is 1. The summed E-state index contributed by atoms with van der Waals surface area (Å²) in [6, 6.07) is 20.6. The molecule has 1 amide bonds. The van der Waals surface area contributed by atoms with Crippen LogP contribution in [0, 0.1) is 11.8 Å². The summed E-state index contributed by atoms with van der Waals surface area (Å²) < 4.78 is 7.66. The first-order valence-corrected chi connectivity index (χ1v) is 20.7. The van der Waals surface area contributed by atoms with Gasteiger partial charge in [0, 0.05) is 67.5 Å². The molecule has 2 saturated heterocycles. The van der Waals surface area contributed by atoms with E-state index in [1.54, 1.807) is 0 Å². The summed E-state index contributed by atoms with van der Waals surface area (Å²) in [6.45, 7) is 9.25. The number of nitrogens with zero attached hydrogens (tertiary/aromatic N) is 3. The van der Waals surface area contributed by atoms with Crippen molar-refractivity contribution in [2.24, 2.45) is 11.8 Å². The van der Waals surface area contributed by atoms with Gasteiger partial charge >= 0.3 is 6.09 Å². The molecular weight excluding hydrogens is 835 g/mol. The van der Waals surface area contributed by atoms with E-state index in [2.05, 4.69) is 79.7 Å². The van der Waals surface area contributed by atoms with Crippen LogP contribution in [0.5, 0.6) is 0 Å². The van der Waals surface area contributed by atoms with E-state index in [0.29, 0.717) is 30.8 Å². The molecule has 0 saturated carbocycles. The number of aromatic nitrogens is 2. The first kappa shape index (κ1) is 38.3. The summed E-state index contributed by atoms with van der Waals surface area (Å²) in [5.74, 6) is 1.47. The molecule has 8 rings (SSSR count). The van der Waals surface area contributed by atoms with Gasteiger partial charge in [0.05, 0.1) is 11.4 Å². The number of halogens is 4. The Kier molecular flexibility index (Phi) is 11.8. The number of hydrogen-bond donors (Lipinski definition) is 1. The van der Waals surface area contributed by atoms with E-state index in [1.165, 1.54) is 40.8 Å². The van der Waals surface area contributed by atoms with E-state index < -0.39 is 5.60 Å². The Labute approximate surface area is 339 Å². The molecule has 53 heavy (non-hydrogen) atoms. The molecule has 0 bridgehead atoms. The number of ether oxygens (including phenoxy) is 1. The van der Waals surface area contributed by atoms with E-state index in [-0.39, 0.29) is 12.0 Å². The van der Waals surface area contributed by atoms with Crippen LogP contribution in [-0.2, 0) is 4.74 Å². The quantitative estimate of drug-likeness (QED) is 0.217. The van der Waals surface area contributed by atoms with E-state index in [1.807, 2.05) is 68.4 Å². The van der Waals surface area contributed by atoms with Crippen LogP contribution in [-0.4, -0.2) is 52.7 Å². The van der Waals surface area contributed by atoms with Gasteiger partial charge in [-0.05, 0) is 142 Å². The summed E-state index contributed by atoms with van der Waals surface area (Å²) in [7, 11) is 0. The summed E-state index contributed by atoms with van der Waals surface area (Å²) in [5.41, 5.74) is 9.00. The van der Waals surface area contributed by atoms with Crippen molar-refractivity contribution in [1.29, 1.82) is 0 Å². The second kappa shape index (κ2) is 16.4. The normalized spacial score (nSPS) is 20.2. The van der Waals surface area contributed by atoms with Gasteiger partial charge in [0.2, 0.25) is 0 Å². The molecule has 2 fully saturated rings. The van der Waals surface area contributed by atoms with Crippen molar-refractivity contribution in [2.45, 2.75) is 63.9 Å². The Hall–Kier alpha value is -3.01. The molecule has 2 aliphatic heterocycles. The van der Waals surface area contributed by atoms with Crippen molar-refractivity contribution >= 4 is 82.3 Å². The fraction of sp³-hybridized carbons (Fsp3) is 0.372. The number of carbonyl (C=O) groups is 1. The van der Waals surface area contributed by atoms with E-state index in [0.717, 1.165) is 61.8 Å². The zero-order valence-electron chi connectivity index (χ0n) is 30.2. The van der Waals surface area contributed by atoms with Gasteiger partial charge < -0.3 is 15.0 Å². The van der Waals surface area contributed by atoms with Crippen LogP contribution in [0.4, 0.5) is 4.79 Å². The standard InChI is InChI=1S/C24H26BrClN2O2.C19H18BrClN2/c1-24(2,3)30-23(29)28-11-8-15(9-12-28)21-18-7-6-17(26)13-16(18)14-20(25)19-5-4-10-27-22(19)21;20-17-11-13-10-14(21)3-4-15(13)18(12-5-8-22-9-6-12)19-16(17)2-1-7-23-19/h4-7,10,13-15,21H,8-9,11-12H2,1-3H3;1-4,7,10-12,18,22H,5-6,8-9H2. The molecule has 2 atom stereocenters. The van der Waals surface area contributed by atoms with E-state index >= 15 is 0 Å². The van der Waals surface area contributed by atoms with Crippen molar-refractivity contribution in [3.05, 3.63) is 128 Å². The van der Waals surface area contributed by atoms with Crippen molar-refractivity contribution < 1.29 is 9.53 Å². The van der Waals surface area contributed by atoms with Crippen LogP contribution >= 0.6 is 55.1 Å². The van der Waals surface area contributed by atoms with Gasteiger partial charge in [-0.1, -0.05) is 79.3 Å². The number of benzene rings is 2. The fourth-order valence-electron chi connectivity index (χ4n) is 8.24. The minimum Gasteiger partial charge on any atom is -0.444 e. The topological polar surface area (TPSA) is 67.3 Å². The first-order valence-electron chi connectivity index (χ1n) is 18.4. The molecule has 276 valence electrons. The van der Waals surface area contributed by atoms with Gasteiger partial charge in [0.15, 0.2) is 0 Å². The van der Waals surface area contributed by atoms with Gasteiger partial charge in [-0.3, -0.25) is 9.97 Å². The predicted octanol–water partition coefficient (Wildman–Crippen LogP) is 11.8. The average molecular weight is 880 g/mol. The number of hydrogen-bond acceptors (Lipinski definition) is 5. The van der Waals surface area contributed by atoms with Gasteiger partial charge in [-0.15, -0.1) is 0 Å². The molecule has 0 radical (unpaired) electrons. The monoisotopic (exact) mass is 876 g/mol. The molecular formula is C43H44Br2Cl2N4O2. The molecule has 6 nitrogen and oxygen atoms in total. The van der Waals surface area contributed by atoms with Crippen LogP contribution in [0.2, 0.25) is 10.0 Å². The number of rotatable bonds is 2. The van der Waals surface area contributed by atoms with Crippen LogP contribution < -0.4 is 5.32 Å². The SMILES string of the molecule is CC(C)(C)OC(=O)N1CCC(C2c3ccc(Cl)cc3C=C(Br)c3cccnc32)CC1.Clc1ccc2c(c1)C=C(Br)c1cccnc1C2C1CCNCC1. The van der Waals surface area contributed by atoms with Crippen LogP contribution in [0.15, 0.2) is 73.1 Å².